The second-order valence-corrected chi connectivity index (χ2v) is 9.18. The maximum atomic E-state index is 5.89. The summed E-state index contributed by atoms with van der Waals surface area (Å²) >= 11 is 0. The van der Waals surface area contributed by atoms with Crippen LogP contribution in [-0.4, -0.2) is 25.3 Å². The topological polar surface area (TPSA) is 42.5 Å². The van der Waals surface area contributed by atoms with Crippen LogP contribution in [0.25, 0.3) is 0 Å². The fraction of sp³-hybridized carbons (Fsp3) is 0.586. The number of benzene rings is 2. The van der Waals surface area contributed by atoms with E-state index in [0.29, 0.717) is 12.1 Å². The molecule has 2 atom stereocenters. The molecule has 0 fully saturated rings. The molecular formula is C29H46N2O2. The fourth-order valence-electron chi connectivity index (χ4n) is 3.79. The summed E-state index contributed by atoms with van der Waals surface area (Å²) in [6, 6.07) is 17.7. The normalized spacial score (nSPS) is 12.7. The van der Waals surface area contributed by atoms with Crippen molar-refractivity contribution in [2.24, 2.45) is 0 Å². The molecular weight excluding hydrogens is 408 g/mol. The summed E-state index contributed by atoms with van der Waals surface area (Å²) in [5.41, 5.74) is 2.33. The second-order valence-electron chi connectivity index (χ2n) is 9.18. The summed E-state index contributed by atoms with van der Waals surface area (Å²) in [7, 11) is 0. The van der Waals surface area contributed by atoms with Gasteiger partial charge in [0.25, 0.3) is 0 Å². The third-order valence-electron chi connectivity index (χ3n) is 5.84. The van der Waals surface area contributed by atoms with E-state index in [-0.39, 0.29) is 0 Å². The molecule has 0 aromatic heterocycles. The van der Waals surface area contributed by atoms with E-state index < -0.39 is 0 Å². The van der Waals surface area contributed by atoms with Gasteiger partial charge in [-0.25, -0.2) is 0 Å². The van der Waals surface area contributed by atoms with Crippen LogP contribution >= 0.6 is 0 Å². The average molecular weight is 455 g/mol. The van der Waals surface area contributed by atoms with E-state index in [1.165, 1.54) is 38.5 Å². The Hall–Kier alpha value is -2.36. The number of nitrogens with one attached hydrogen (secondary N) is 2. The molecule has 4 heteroatoms. The third-order valence-corrected chi connectivity index (χ3v) is 5.84. The van der Waals surface area contributed by atoms with Crippen LogP contribution in [0.4, 0.5) is 11.4 Å². The Bertz CT molecular complexity index is 667. The van der Waals surface area contributed by atoms with Crippen molar-refractivity contribution in [3.63, 3.8) is 0 Å². The Morgan fingerprint density at radius 3 is 1.33 bits per heavy atom. The first-order valence-electron chi connectivity index (χ1n) is 13.1. The van der Waals surface area contributed by atoms with Crippen molar-refractivity contribution in [3.8, 4) is 11.5 Å². The molecule has 0 spiro atoms. The molecule has 0 bridgehead atoms. The highest BCUT2D eigenvalue weighted by molar-refractivity contribution is 5.47. The molecule has 0 amide bonds. The van der Waals surface area contributed by atoms with Crippen LogP contribution in [-0.2, 0) is 0 Å². The highest BCUT2D eigenvalue weighted by atomic mass is 16.5. The lowest BCUT2D eigenvalue weighted by Crippen LogP contribution is -2.14. The molecule has 33 heavy (non-hydrogen) atoms. The monoisotopic (exact) mass is 454 g/mol. The highest BCUT2D eigenvalue weighted by Gasteiger charge is 2.03. The molecule has 184 valence electrons. The zero-order valence-corrected chi connectivity index (χ0v) is 21.4. The van der Waals surface area contributed by atoms with Crippen molar-refractivity contribution in [3.05, 3.63) is 48.5 Å². The first kappa shape index (κ1) is 26.9. The van der Waals surface area contributed by atoms with Gasteiger partial charge in [0.1, 0.15) is 11.5 Å². The Balaban J connectivity index is 1.53. The summed E-state index contributed by atoms with van der Waals surface area (Å²) in [6.07, 6.45) is 10.6. The molecule has 0 aliphatic heterocycles. The van der Waals surface area contributed by atoms with Crippen molar-refractivity contribution >= 4 is 11.4 Å². The third kappa shape index (κ3) is 11.9. The fourth-order valence-corrected chi connectivity index (χ4v) is 3.79. The zero-order valence-electron chi connectivity index (χ0n) is 21.4. The predicted octanol–water partition coefficient (Wildman–Crippen LogP) is 8.30. The van der Waals surface area contributed by atoms with Crippen LogP contribution in [0.15, 0.2) is 48.5 Å². The highest BCUT2D eigenvalue weighted by Crippen LogP contribution is 2.19. The summed E-state index contributed by atoms with van der Waals surface area (Å²) in [4.78, 5) is 0. The van der Waals surface area contributed by atoms with Gasteiger partial charge in [0.05, 0.1) is 13.2 Å². The lowest BCUT2D eigenvalue weighted by atomic mass is 10.1. The minimum absolute atomic E-state index is 0.507. The van der Waals surface area contributed by atoms with Gasteiger partial charge in [-0.2, -0.15) is 0 Å². The van der Waals surface area contributed by atoms with Crippen molar-refractivity contribution < 1.29 is 9.47 Å². The van der Waals surface area contributed by atoms with E-state index >= 15 is 0 Å². The van der Waals surface area contributed by atoms with E-state index in [0.717, 1.165) is 55.4 Å². The first-order chi connectivity index (χ1) is 16.1. The number of hydrogen-bond acceptors (Lipinski definition) is 4. The van der Waals surface area contributed by atoms with Gasteiger partial charge < -0.3 is 20.1 Å². The van der Waals surface area contributed by atoms with Gasteiger partial charge in [-0.15, -0.1) is 0 Å². The quantitative estimate of drug-likeness (QED) is 0.222. The minimum atomic E-state index is 0.507. The summed E-state index contributed by atoms with van der Waals surface area (Å²) in [6.45, 7) is 10.4. The lowest BCUT2D eigenvalue weighted by molar-refractivity contribution is 0.279. The smallest absolute Gasteiger partial charge is 0.119 e. The molecule has 2 aromatic rings. The Morgan fingerprint density at radius 1 is 0.576 bits per heavy atom. The van der Waals surface area contributed by atoms with Crippen LogP contribution in [0, 0.1) is 0 Å². The largest absolute Gasteiger partial charge is 0.494 e. The van der Waals surface area contributed by atoms with E-state index in [4.69, 9.17) is 9.47 Å². The molecule has 2 aromatic carbocycles. The van der Waals surface area contributed by atoms with Gasteiger partial charge in [-0.3, -0.25) is 0 Å². The summed E-state index contributed by atoms with van der Waals surface area (Å²) in [5.74, 6) is 1.88. The van der Waals surface area contributed by atoms with Gasteiger partial charge in [-0.05, 0) is 94.5 Å². The Morgan fingerprint density at radius 2 is 0.970 bits per heavy atom. The predicted molar refractivity (Wildman–Crippen MR) is 143 cm³/mol. The van der Waals surface area contributed by atoms with Crippen molar-refractivity contribution in [1.82, 2.24) is 0 Å². The van der Waals surface area contributed by atoms with E-state index in [9.17, 15) is 0 Å². The van der Waals surface area contributed by atoms with Crippen LogP contribution < -0.4 is 20.1 Å². The van der Waals surface area contributed by atoms with Crippen molar-refractivity contribution in [2.45, 2.75) is 97.6 Å². The Kier molecular flexibility index (Phi) is 13.3. The molecule has 2 N–H and O–H groups in total. The van der Waals surface area contributed by atoms with Crippen LogP contribution in [0.5, 0.6) is 11.5 Å². The SMILES string of the molecule is CCCCC(C)Nc1ccc(OCCCCCOc2ccc(NC(C)CCCC)cc2)cc1. The summed E-state index contributed by atoms with van der Waals surface area (Å²) < 4.78 is 11.8. The van der Waals surface area contributed by atoms with Gasteiger partial charge >= 0.3 is 0 Å². The molecule has 4 nitrogen and oxygen atoms in total. The van der Waals surface area contributed by atoms with Gasteiger partial charge in [-0.1, -0.05) is 39.5 Å². The molecule has 2 unspecified atom stereocenters. The van der Waals surface area contributed by atoms with Gasteiger partial charge in [0.2, 0.25) is 0 Å². The molecule has 0 saturated heterocycles. The molecule has 0 saturated carbocycles. The number of unbranched alkanes of at least 4 members (excludes halogenated alkanes) is 4. The van der Waals surface area contributed by atoms with E-state index in [2.05, 4.69) is 86.9 Å². The van der Waals surface area contributed by atoms with Crippen LogP contribution in [0.1, 0.15) is 85.5 Å². The number of rotatable bonds is 18. The van der Waals surface area contributed by atoms with Crippen LogP contribution in [0.3, 0.4) is 0 Å². The molecule has 0 radical (unpaired) electrons. The van der Waals surface area contributed by atoms with Crippen LogP contribution in [0.2, 0.25) is 0 Å². The average Bonchev–Trinajstić information content (AvgIpc) is 2.83. The van der Waals surface area contributed by atoms with E-state index in [1.807, 2.05) is 0 Å². The number of ether oxygens (including phenoxy) is 2. The Labute approximate surface area is 202 Å². The minimum Gasteiger partial charge on any atom is -0.494 e. The molecule has 0 heterocycles. The molecule has 0 aliphatic carbocycles. The first-order valence-corrected chi connectivity index (χ1v) is 13.1. The maximum Gasteiger partial charge on any atom is 0.119 e. The number of hydrogen-bond donors (Lipinski definition) is 2. The van der Waals surface area contributed by atoms with Crippen molar-refractivity contribution in [2.75, 3.05) is 23.8 Å². The zero-order chi connectivity index (χ0) is 23.7. The maximum absolute atomic E-state index is 5.89. The van der Waals surface area contributed by atoms with E-state index in [1.54, 1.807) is 0 Å². The van der Waals surface area contributed by atoms with Gasteiger partial charge in [0.15, 0.2) is 0 Å². The second kappa shape index (κ2) is 16.3. The lowest BCUT2D eigenvalue weighted by Gasteiger charge is -2.15. The number of anilines is 2. The van der Waals surface area contributed by atoms with Gasteiger partial charge in [0, 0.05) is 23.5 Å². The standard InChI is InChI=1S/C29H46N2O2/c1-5-7-12-24(3)30-26-14-18-28(19-15-26)32-22-10-9-11-23-33-29-20-16-27(17-21-29)31-25(4)13-8-6-2/h14-21,24-25,30-31H,5-13,22-23H2,1-4H3. The summed E-state index contributed by atoms with van der Waals surface area (Å²) in [5, 5.41) is 7.11. The molecule has 0 aliphatic rings. The molecule has 2 rings (SSSR count). The van der Waals surface area contributed by atoms with Crippen molar-refractivity contribution in [1.29, 1.82) is 0 Å².